The number of unbranched alkanes of at least 4 members (excludes halogenated alkanes) is 2. The Hall–Kier alpha value is -1.30. The van der Waals surface area contributed by atoms with E-state index >= 15 is 0 Å². The molecule has 90 valence electrons. The maximum absolute atomic E-state index is 2.35. The second-order valence-corrected chi connectivity index (χ2v) is 4.83. The number of rotatable bonds is 5. The maximum atomic E-state index is 2.35. The van der Waals surface area contributed by atoms with E-state index in [1.54, 1.807) is 0 Å². The van der Waals surface area contributed by atoms with Crippen LogP contribution in [0.3, 0.4) is 0 Å². The Bertz CT molecular complexity index is 482. The van der Waals surface area contributed by atoms with Crippen molar-refractivity contribution in [1.29, 1.82) is 0 Å². The largest absolute Gasteiger partial charge is 0.0654 e. The molecule has 17 heavy (non-hydrogen) atoms. The minimum Gasteiger partial charge on any atom is -0.0654 e. The topological polar surface area (TPSA) is 0 Å². The van der Waals surface area contributed by atoms with Crippen molar-refractivity contribution in [2.45, 2.75) is 46.0 Å². The first-order valence-corrected chi connectivity index (χ1v) is 6.85. The van der Waals surface area contributed by atoms with Gasteiger partial charge in [0.25, 0.3) is 0 Å². The van der Waals surface area contributed by atoms with Crippen LogP contribution in [0.1, 0.15) is 44.2 Å². The van der Waals surface area contributed by atoms with E-state index < -0.39 is 0 Å². The second-order valence-electron chi connectivity index (χ2n) is 4.83. The Kier molecular flexibility index (Phi) is 4.19. The van der Waals surface area contributed by atoms with Gasteiger partial charge in [0.2, 0.25) is 0 Å². The van der Waals surface area contributed by atoms with Crippen molar-refractivity contribution in [3.8, 4) is 0 Å². The van der Waals surface area contributed by atoms with Gasteiger partial charge < -0.3 is 0 Å². The molecule has 2 aromatic carbocycles. The minimum atomic E-state index is 1.12. The summed E-state index contributed by atoms with van der Waals surface area (Å²) in [6, 6.07) is 13.7. The van der Waals surface area contributed by atoms with Crippen LogP contribution in [0.5, 0.6) is 0 Å². The van der Waals surface area contributed by atoms with E-state index in [1.807, 2.05) is 0 Å². The average Bonchev–Trinajstić information content (AvgIpc) is 2.38. The van der Waals surface area contributed by atoms with Crippen LogP contribution < -0.4 is 0 Å². The molecule has 0 radical (unpaired) electrons. The van der Waals surface area contributed by atoms with E-state index in [4.69, 9.17) is 0 Å². The van der Waals surface area contributed by atoms with Gasteiger partial charge in [0, 0.05) is 0 Å². The summed E-state index contributed by atoms with van der Waals surface area (Å²) in [5.41, 5.74) is 2.91. The van der Waals surface area contributed by atoms with E-state index in [9.17, 15) is 0 Å². The highest BCUT2D eigenvalue weighted by molar-refractivity contribution is 5.83. The highest BCUT2D eigenvalue weighted by Crippen LogP contribution is 2.19. The van der Waals surface area contributed by atoms with Gasteiger partial charge in [-0.2, -0.15) is 0 Å². The van der Waals surface area contributed by atoms with Gasteiger partial charge in [-0.05, 0) is 41.2 Å². The van der Waals surface area contributed by atoms with Crippen LogP contribution in [0.15, 0.2) is 36.4 Å². The summed E-state index contributed by atoms with van der Waals surface area (Å²) in [5.74, 6) is 0. The molecule has 2 rings (SSSR count). The molecule has 0 saturated heterocycles. The fourth-order valence-electron chi connectivity index (χ4n) is 2.30. The van der Waals surface area contributed by atoms with Crippen molar-refractivity contribution >= 4 is 10.8 Å². The van der Waals surface area contributed by atoms with Crippen molar-refractivity contribution in [3.63, 3.8) is 0 Å². The van der Waals surface area contributed by atoms with Crippen molar-refractivity contribution in [2.24, 2.45) is 0 Å². The molecule has 0 aliphatic carbocycles. The smallest absolute Gasteiger partial charge is 0.0181 e. The minimum absolute atomic E-state index is 1.12. The van der Waals surface area contributed by atoms with Crippen molar-refractivity contribution in [3.05, 3.63) is 47.5 Å². The summed E-state index contributed by atoms with van der Waals surface area (Å²) in [6.45, 7) is 4.47. The van der Waals surface area contributed by atoms with Crippen LogP contribution in [-0.2, 0) is 12.8 Å². The molecule has 0 spiro atoms. The van der Waals surface area contributed by atoms with Gasteiger partial charge >= 0.3 is 0 Å². The summed E-state index contributed by atoms with van der Waals surface area (Å²) in [5, 5.41) is 2.76. The van der Waals surface area contributed by atoms with E-state index in [-0.39, 0.29) is 0 Å². The van der Waals surface area contributed by atoms with Crippen molar-refractivity contribution in [1.82, 2.24) is 0 Å². The predicted molar refractivity (Wildman–Crippen MR) is 76.6 cm³/mol. The molecule has 0 unspecified atom stereocenters. The first-order valence-electron chi connectivity index (χ1n) is 6.85. The Labute approximate surface area is 105 Å². The summed E-state index contributed by atoms with van der Waals surface area (Å²) < 4.78 is 0. The van der Waals surface area contributed by atoms with Gasteiger partial charge in [-0.25, -0.2) is 0 Å². The lowest BCUT2D eigenvalue weighted by atomic mass is 10.0. The second kappa shape index (κ2) is 5.86. The van der Waals surface area contributed by atoms with Crippen LogP contribution >= 0.6 is 0 Å². The molecule has 0 saturated carbocycles. The standard InChI is InChI=1S/C17H22/c1-3-5-6-7-15-9-11-16-12-14(4-2)8-10-17(16)13-15/h8-13H,3-7H2,1-2H3. The molecule has 0 N–H and O–H groups in total. The molecular formula is C17H22. The number of benzene rings is 2. The lowest BCUT2D eigenvalue weighted by molar-refractivity contribution is 0.718. The molecule has 0 bridgehead atoms. The Morgan fingerprint density at radius 2 is 1.41 bits per heavy atom. The maximum Gasteiger partial charge on any atom is -0.0181 e. The molecule has 2 aromatic rings. The third-order valence-corrected chi connectivity index (χ3v) is 3.45. The van der Waals surface area contributed by atoms with Crippen LogP contribution in [0.2, 0.25) is 0 Å². The highest BCUT2D eigenvalue weighted by Gasteiger charge is 1.98. The van der Waals surface area contributed by atoms with Gasteiger partial charge in [-0.1, -0.05) is 63.1 Å². The first-order chi connectivity index (χ1) is 8.33. The Balaban J connectivity index is 2.19. The molecule has 0 aliphatic rings. The van der Waals surface area contributed by atoms with Gasteiger partial charge in [0.15, 0.2) is 0 Å². The first kappa shape index (κ1) is 12.2. The zero-order chi connectivity index (χ0) is 12.1. The summed E-state index contributed by atoms with van der Waals surface area (Å²) in [7, 11) is 0. The van der Waals surface area contributed by atoms with E-state index in [0.717, 1.165) is 6.42 Å². The number of hydrogen-bond acceptors (Lipinski definition) is 0. The van der Waals surface area contributed by atoms with Crippen LogP contribution in [0.4, 0.5) is 0 Å². The van der Waals surface area contributed by atoms with Gasteiger partial charge in [-0.15, -0.1) is 0 Å². The fourth-order valence-corrected chi connectivity index (χ4v) is 2.30. The number of aryl methyl sites for hydroxylation is 2. The number of fused-ring (bicyclic) bond motifs is 1. The highest BCUT2D eigenvalue weighted by atomic mass is 14.0. The predicted octanol–water partition coefficient (Wildman–Crippen LogP) is 5.13. The molecule has 0 aromatic heterocycles. The molecular weight excluding hydrogens is 204 g/mol. The van der Waals surface area contributed by atoms with Crippen LogP contribution in [-0.4, -0.2) is 0 Å². The van der Waals surface area contributed by atoms with Crippen LogP contribution in [0, 0.1) is 0 Å². The molecule has 0 fully saturated rings. The zero-order valence-electron chi connectivity index (χ0n) is 11.0. The third-order valence-electron chi connectivity index (χ3n) is 3.45. The number of hydrogen-bond donors (Lipinski definition) is 0. The average molecular weight is 226 g/mol. The summed E-state index contributed by atoms with van der Waals surface area (Å²) in [6.07, 6.45) is 6.29. The Morgan fingerprint density at radius 1 is 0.765 bits per heavy atom. The normalized spacial score (nSPS) is 10.9. The van der Waals surface area contributed by atoms with E-state index in [1.165, 1.54) is 47.6 Å². The van der Waals surface area contributed by atoms with Gasteiger partial charge in [-0.3, -0.25) is 0 Å². The zero-order valence-corrected chi connectivity index (χ0v) is 11.0. The third kappa shape index (κ3) is 3.09. The van der Waals surface area contributed by atoms with Crippen molar-refractivity contribution < 1.29 is 0 Å². The Morgan fingerprint density at radius 3 is 2.06 bits per heavy atom. The molecule has 0 aliphatic heterocycles. The lowest BCUT2D eigenvalue weighted by Gasteiger charge is -2.05. The van der Waals surface area contributed by atoms with E-state index in [2.05, 4.69) is 50.2 Å². The SMILES string of the molecule is CCCCCc1ccc2cc(CC)ccc2c1. The monoisotopic (exact) mass is 226 g/mol. The quantitative estimate of drug-likeness (QED) is 0.620. The fraction of sp³-hybridized carbons (Fsp3) is 0.412. The van der Waals surface area contributed by atoms with Crippen molar-refractivity contribution in [2.75, 3.05) is 0 Å². The van der Waals surface area contributed by atoms with Gasteiger partial charge in [0.1, 0.15) is 0 Å². The summed E-state index contributed by atoms with van der Waals surface area (Å²) in [4.78, 5) is 0. The molecule has 0 nitrogen and oxygen atoms in total. The molecule has 0 heteroatoms. The van der Waals surface area contributed by atoms with E-state index in [0.29, 0.717) is 0 Å². The summed E-state index contributed by atoms with van der Waals surface area (Å²) >= 11 is 0. The molecule has 0 atom stereocenters. The van der Waals surface area contributed by atoms with Crippen LogP contribution in [0.25, 0.3) is 10.8 Å². The molecule has 0 amide bonds. The lowest BCUT2D eigenvalue weighted by Crippen LogP contribution is -1.86. The van der Waals surface area contributed by atoms with Gasteiger partial charge in [0.05, 0.1) is 0 Å². The molecule has 0 heterocycles.